The zero-order valence-electron chi connectivity index (χ0n) is 9.90. The number of hydrogen-bond acceptors (Lipinski definition) is 3. The summed E-state index contributed by atoms with van der Waals surface area (Å²) < 4.78 is 7.43. The lowest BCUT2D eigenvalue weighted by Crippen LogP contribution is -2.17. The summed E-state index contributed by atoms with van der Waals surface area (Å²) in [7, 11) is 1.93. The summed E-state index contributed by atoms with van der Waals surface area (Å²) >= 11 is 0. The molecule has 4 nitrogen and oxygen atoms in total. The minimum atomic E-state index is 0.0790. The van der Waals surface area contributed by atoms with Gasteiger partial charge in [0.25, 0.3) is 0 Å². The molecule has 0 aromatic carbocycles. The van der Waals surface area contributed by atoms with Crippen LogP contribution in [0.3, 0.4) is 0 Å². The molecule has 2 aromatic heterocycles. The fourth-order valence-corrected chi connectivity index (χ4v) is 1.83. The molecule has 0 spiro atoms. The molecule has 0 saturated carbocycles. The van der Waals surface area contributed by atoms with Gasteiger partial charge in [0.2, 0.25) is 0 Å². The number of nitrogens with one attached hydrogen (secondary N) is 1. The Morgan fingerprint density at radius 2 is 2.38 bits per heavy atom. The van der Waals surface area contributed by atoms with Crippen molar-refractivity contribution in [1.82, 2.24) is 15.1 Å². The minimum absolute atomic E-state index is 0.0790. The van der Waals surface area contributed by atoms with E-state index >= 15 is 0 Å². The molecule has 2 rings (SSSR count). The number of aromatic nitrogens is 2. The van der Waals surface area contributed by atoms with E-state index in [-0.39, 0.29) is 6.04 Å². The lowest BCUT2D eigenvalue weighted by Gasteiger charge is -2.12. The van der Waals surface area contributed by atoms with Crippen molar-refractivity contribution in [3.05, 3.63) is 41.6 Å². The molecule has 16 heavy (non-hydrogen) atoms. The van der Waals surface area contributed by atoms with Crippen molar-refractivity contribution in [1.29, 1.82) is 0 Å². The van der Waals surface area contributed by atoms with Crippen molar-refractivity contribution in [2.75, 3.05) is 7.05 Å². The molecule has 0 aliphatic rings. The summed E-state index contributed by atoms with van der Waals surface area (Å²) in [5, 5.41) is 7.53. The van der Waals surface area contributed by atoms with Crippen LogP contribution in [0.25, 0.3) is 0 Å². The second kappa shape index (κ2) is 4.53. The molecule has 0 aliphatic heterocycles. The largest absolute Gasteiger partial charge is 0.467 e. The Labute approximate surface area is 95.3 Å². The monoisotopic (exact) mass is 219 g/mol. The van der Waals surface area contributed by atoms with Gasteiger partial charge in [-0.1, -0.05) is 0 Å². The topological polar surface area (TPSA) is 43.0 Å². The quantitative estimate of drug-likeness (QED) is 0.856. The Hall–Kier alpha value is -1.55. The first-order valence-electron chi connectivity index (χ1n) is 5.49. The van der Waals surface area contributed by atoms with E-state index in [0.29, 0.717) is 0 Å². The van der Waals surface area contributed by atoms with Gasteiger partial charge in [-0.05, 0) is 32.5 Å². The van der Waals surface area contributed by atoms with E-state index in [1.807, 2.05) is 37.1 Å². The zero-order chi connectivity index (χ0) is 11.5. The van der Waals surface area contributed by atoms with Crippen molar-refractivity contribution in [2.45, 2.75) is 26.4 Å². The molecule has 2 aromatic rings. The van der Waals surface area contributed by atoms with Crippen molar-refractivity contribution < 1.29 is 4.42 Å². The maximum Gasteiger partial charge on any atom is 0.128 e. The first-order valence-corrected chi connectivity index (χ1v) is 5.49. The molecular formula is C12H17N3O. The van der Waals surface area contributed by atoms with Gasteiger partial charge in [0, 0.05) is 18.3 Å². The first kappa shape index (κ1) is 11.0. The van der Waals surface area contributed by atoms with Gasteiger partial charge in [0.15, 0.2) is 0 Å². The number of aryl methyl sites for hydroxylation is 2. The Morgan fingerprint density at radius 3 is 2.88 bits per heavy atom. The molecule has 1 N–H and O–H groups in total. The highest BCUT2D eigenvalue weighted by Gasteiger charge is 2.18. The van der Waals surface area contributed by atoms with E-state index in [2.05, 4.69) is 17.3 Å². The Bertz CT molecular complexity index is 458. The average molecular weight is 219 g/mol. The number of rotatable bonds is 4. The van der Waals surface area contributed by atoms with Gasteiger partial charge in [-0.25, -0.2) is 0 Å². The van der Waals surface area contributed by atoms with Crippen molar-refractivity contribution in [3.63, 3.8) is 0 Å². The third-order valence-corrected chi connectivity index (χ3v) is 2.76. The summed E-state index contributed by atoms with van der Waals surface area (Å²) in [6, 6.07) is 2.06. The lowest BCUT2D eigenvalue weighted by molar-refractivity contribution is 0.460. The molecule has 0 bridgehead atoms. The van der Waals surface area contributed by atoms with Crippen LogP contribution in [0.2, 0.25) is 0 Å². The van der Waals surface area contributed by atoms with Gasteiger partial charge < -0.3 is 9.73 Å². The Balaban J connectivity index is 2.32. The van der Waals surface area contributed by atoms with Gasteiger partial charge in [-0.3, -0.25) is 4.68 Å². The van der Waals surface area contributed by atoms with Crippen LogP contribution in [0, 0.1) is 6.92 Å². The van der Waals surface area contributed by atoms with Crippen LogP contribution in [-0.2, 0) is 6.54 Å². The highest BCUT2D eigenvalue weighted by atomic mass is 16.3. The van der Waals surface area contributed by atoms with E-state index in [9.17, 15) is 0 Å². The maximum absolute atomic E-state index is 5.52. The van der Waals surface area contributed by atoms with E-state index in [4.69, 9.17) is 4.42 Å². The molecule has 0 aliphatic carbocycles. The number of hydrogen-bond donors (Lipinski definition) is 1. The summed E-state index contributed by atoms with van der Waals surface area (Å²) in [6.07, 6.45) is 5.65. The number of furan rings is 1. The van der Waals surface area contributed by atoms with E-state index in [1.54, 1.807) is 6.26 Å². The molecule has 0 amide bonds. The van der Waals surface area contributed by atoms with Crippen LogP contribution >= 0.6 is 0 Å². The van der Waals surface area contributed by atoms with Crippen molar-refractivity contribution in [3.8, 4) is 0 Å². The van der Waals surface area contributed by atoms with Gasteiger partial charge in [-0.15, -0.1) is 0 Å². The molecule has 2 heterocycles. The van der Waals surface area contributed by atoms with E-state index in [1.165, 1.54) is 0 Å². The van der Waals surface area contributed by atoms with Crippen LogP contribution in [-0.4, -0.2) is 16.8 Å². The second-order valence-corrected chi connectivity index (χ2v) is 3.82. The second-order valence-electron chi connectivity index (χ2n) is 3.82. The van der Waals surface area contributed by atoms with Crippen LogP contribution < -0.4 is 5.32 Å². The Morgan fingerprint density at radius 1 is 1.56 bits per heavy atom. The first-order chi connectivity index (χ1) is 7.76. The molecular weight excluding hydrogens is 202 g/mol. The fraction of sp³-hybridized carbons (Fsp3) is 0.417. The normalized spacial score (nSPS) is 12.9. The lowest BCUT2D eigenvalue weighted by atomic mass is 10.1. The molecule has 0 radical (unpaired) electrons. The molecule has 0 fully saturated rings. The summed E-state index contributed by atoms with van der Waals surface area (Å²) in [6.45, 7) is 5.00. The smallest absolute Gasteiger partial charge is 0.128 e. The molecule has 0 saturated heterocycles. The molecule has 4 heteroatoms. The van der Waals surface area contributed by atoms with Gasteiger partial charge in [-0.2, -0.15) is 5.10 Å². The van der Waals surface area contributed by atoms with Crippen LogP contribution in [0.4, 0.5) is 0 Å². The number of nitrogens with zero attached hydrogens (tertiary/aromatic N) is 2. The van der Waals surface area contributed by atoms with Gasteiger partial charge in [0.05, 0.1) is 18.5 Å². The summed E-state index contributed by atoms with van der Waals surface area (Å²) in [5.74, 6) is 0.957. The molecule has 1 atom stereocenters. The summed E-state index contributed by atoms with van der Waals surface area (Å²) in [4.78, 5) is 0. The van der Waals surface area contributed by atoms with Crippen LogP contribution in [0.15, 0.2) is 29.1 Å². The predicted molar refractivity (Wildman–Crippen MR) is 62.2 cm³/mol. The fourth-order valence-electron chi connectivity index (χ4n) is 1.83. The third kappa shape index (κ3) is 1.88. The van der Waals surface area contributed by atoms with Crippen molar-refractivity contribution >= 4 is 0 Å². The minimum Gasteiger partial charge on any atom is -0.467 e. The molecule has 86 valence electrons. The third-order valence-electron chi connectivity index (χ3n) is 2.76. The van der Waals surface area contributed by atoms with Gasteiger partial charge >= 0.3 is 0 Å². The predicted octanol–water partition coefficient (Wildman–Crippen LogP) is 2.11. The SMILES string of the molecule is CCn1cc(C(NC)c2occc2C)cn1. The standard InChI is InChI=1S/C12H17N3O/c1-4-15-8-10(7-14-15)11(13-3)12-9(2)5-6-16-12/h5-8,11,13H,4H2,1-3H3. The van der Waals surface area contributed by atoms with E-state index in [0.717, 1.165) is 23.4 Å². The summed E-state index contributed by atoms with van der Waals surface area (Å²) in [5.41, 5.74) is 2.28. The highest BCUT2D eigenvalue weighted by molar-refractivity contribution is 5.27. The zero-order valence-corrected chi connectivity index (χ0v) is 9.90. The maximum atomic E-state index is 5.52. The average Bonchev–Trinajstić information content (AvgIpc) is 2.90. The van der Waals surface area contributed by atoms with Crippen LogP contribution in [0.5, 0.6) is 0 Å². The van der Waals surface area contributed by atoms with Crippen LogP contribution in [0.1, 0.15) is 29.9 Å². The Kier molecular flexibility index (Phi) is 3.10. The highest BCUT2D eigenvalue weighted by Crippen LogP contribution is 2.24. The van der Waals surface area contributed by atoms with Crippen molar-refractivity contribution in [2.24, 2.45) is 0 Å². The van der Waals surface area contributed by atoms with Gasteiger partial charge in [0.1, 0.15) is 5.76 Å². The molecule has 1 unspecified atom stereocenters. The van der Waals surface area contributed by atoms with E-state index < -0.39 is 0 Å².